The largest absolute Gasteiger partial charge is 0.481 e. The molecule has 0 spiro atoms. The summed E-state index contributed by atoms with van der Waals surface area (Å²) in [5.41, 5.74) is 0. The highest BCUT2D eigenvalue weighted by atomic mass is 32.2. The Kier molecular flexibility index (Phi) is 14.6. The van der Waals surface area contributed by atoms with Crippen LogP contribution in [0, 0.1) is 0 Å². The van der Waals surface area contributed by atoms with E-state index in [0.717, 1.165) is 18.4 Å². The van der Waals surface area contributed by atoms with Crippen LogP contribution in [0.3, 0.4) is 0 Å². The van der Waals surface area contributed by atoms with Crippen LogP contribution in [0.5, 0.6) is 0 Å². The number of aliphatic hydroxyl groups excluding tert-OH is 1. The third kappa shape index (κ3) is 43.4. The fourth-order valence-electron chi connectivity index (χ4n) is 0.231. The first-order valence-corrected chi connectivity index (χ1v) is 4.29. The Morgan fingerprint density at radius 2 is 2.18 bits per heavy atom. The van der Waals surface area contributed by atoms with Crippen molar-refractivity contribution in [3.05, 3.63) is 12.7 Å². The van der Waals surface area contributed by atoms with Gasteiger partial charge in [0.15, 0.2) is 0 Å². The topological polar surface area (TPSA) is 57.5 Å². The number of carbonyl (C=O) groups is 1. The molecule has 0 aromatic heterocycles. The molecule has 0 fully saturated rings. The number of hydrogen-bond donors (Lipinski definition) is 2. The van der Waals surface area contributed by atoms with Crippen molar-refractivity contribution in [1.29, 1.82) is 0 Å². The van der Waals surface area contributed by atoms with Crippen LogP contribution >= 0.6 is 11.8 Å². The lowest BCUT2D eigenvalue weighted by atomic mass is 10.8. The lowest BCUT2D eigenvalue weighted by molar-refractivity contribution is -0.134. The smallest absolute Gasteiger partial charge is 0.300 e. The molecule has 0 unspecified atom stereocenters. The van der Waals surface area contributed by atoms with Crippen molar-refractivity contribution in [3.8, 4) is 0 Å². The molecule has 3 nitrogen and oxygen atoms in total. The van der Waals surface area contributed by atoms with E-state index in [1.165, 1.54) is 0 Å². The van der Waals surface area contributed by atoms with Crippen molar-refractivity contribution in [2.75, 3.05) is 18.1 Å². The van der Waals surface area contributed by atoms with Crippen molar-refractivity contribution in [2.24, 2.45) is 0 Å². The van der Waals surface area contributed by atoms with E-state index in [1.807, 2.05) is 6.08 Å². The van der Waals surface area contributed by atoms with Gasteiger partial charge in [-0.3, -0.25) is 4.79 Å². The summed E-state index contributed by atoms with van der Waals surface area (Å²) in [6, 6.07) is 0. The number of thioether (sulfide) groups is 1. The molecular weight excluding hydrogens is 164 g/mol. The zero-order valence-corrected chi connectivity index (χ0v) is 7.43. The number of hydrogen-bond acceptors (Lipinski definition) is 3. The molecule has 0 amide bonds. The van der Waals surface area contributed by atoms with Crippen molar-refractivity contribution >= 4 is 17.7 Å². The number of rotatable bonds is 4. The highest BCUT2D eigenvalue weighted by molar-refractivity contribution is 7.99. The standard InChI is InChI=1S/C5H10OS.C2H4O2/c1-2-4-7-5-3-6;1-2(3)4/h2,6H,1,3-5H2;1H3,(H,3,4). The Morgan fingerprint density at radius 1 is 1.73 bits per heavy atom. The number of aliphatic hydroxyl groups is 1. The van der Waals surface area contributed by atoms with Crippen LogP contribution in [0.15, 0.2) is 12.7 Å². The highest BCUT2D eigenvalue weighted by Gasteiger charge is 1.77. The minimum absolute atomic E-state index is 0.276. The van der Waals surface area contributed by atoms with E-state index in [4.69, 9.17) is 15.0 Å². The van der Waals surface area contributed by atoms with Crippen LogP contribution in [-0.4, -0.2) is 34.3 Å². The fraction of sp³-hybridized carbons (Fsp3) is 0.571. The molecule has 66 valence electrons. The SMILES string of the molecule is C=CCSCCO.CC(=O)O. The molecule has 0 atom stereocenters. The molecule has 0 saturated carbocycles. The maximum Gasteiger partial charge on any atom is 0.300 e. The Balaban J connectivity index is 0. The maximum atomic E-state index is 9.00. The zero-order valence-electron chi connectivity index (χ0n) is 6.62. The van der Waals surface area contributed by atoms with Gasteiger partial charge in [0.25, 0.3) is 5.97 Å². The lowest BCUT2D eigenvalue weighted by Crippen LogP contribution is -1.84. The normalized spacial score (nSPS) is 7.82. The van der Waals surface area contributed by atoms with E-state index >= 15 is 0 Å². The van der Waals surface area contributed by atoms with Crippen molar-refractivity contribution in [1.82, 2.24) is 0 Å². The minimum atomic E-state index is -0.833. The summed E-state index contributed by atoms with van der Waals surface area (Å²) in [5.74, 6) is 0.937. The second kappa shape index (κ2) is 12.2. The third-order valence-corrected chi connectivity index (χ3v) is 1.41. The summed E-state index contributed by atoms with van der Waals surface area (Å²) in [6.07, 6.45) is 1.83. The quantitative estimate of drug-likeness (QED) is 0.498. The molecule has 0 radical (unpaired) electrons. The monoisotopic (exact) mass is 178 g/mol. The summed E-state index contributed by atoms with van der Waals surface area (Å²) in [6.45, 7) is 4.89. The molecular formula is C7H14O3S. The van der Waals surface area contributed by atoms with Crippen molar-refractivity contribution in [3.63, 3.8) is 0 Å². The van der Waals surface area contributed by atoms with Crippen LogP contribution in [0.25, 0.3) is 0 Å². The lowest BCUT2D eigenvalue weighted by Gasteiger charge is -1.88. The first-order chi connectivity index (χ1) is 5.15. The Hall–Kier alpha value is -0.480. The van der Waals surface area contributed by atoms with Gasteiger partial charge in [0.05, 0.1) is 6.61 Å². The van der Waals surface area contributed by atoms with Crippen molar-refractivity contribution in [2.45, 2.75) is 6.92 Å². The summed E-state index contributed by atoms with van der Waals surface area (Å²) >= 11 is 1.69. The average Bonchev–Trinajstić information content (AvgIpc) is 1.88. The maximum absolute atomic E-state index is 9.00. The molecule has 0 aliphatic heterocycles. The fourth-order valence-corrected chi connectivity index (χ4v) is 0.694. The van der Waals surface area contributed by atoms with Crippen LogP contribution in [-0.2, 0) is 4.79 Å². The predicted molar refractivity (Wildman–Crippen MR) is 47.9 cm³/mol. The molecule has 0 heterocycles. The summed E-state index contributed by atoms with van der Waals surface area (Å²) in [5, 5.41) is 15.7. The minimum Gasteiger partial charge on any atom is -0.481 e. The predicted octanol–water partition coefficient (Wildman–Crippen LogP) is 0.989. The van der Waals surface area contributed by atoms with Gasteiger partial charge in [-0.1, -0.05) is 6.08 Å². The van der Waals surface area contributed by atoms with Gasteiger partial charge in [-0.25, -0.2) is 0 Å². The van der Waals surface area contributed by atoms with Crippen molar-refractivity contribution < 1.29 is 15.0 Å². The van der Waals surface area contributed by atoms with E-state index in [1.54, 1.807) is 11.8 Å². The van der Waals surface area contributed by atoms with E-state index < -0.39 is 5.97 Å². The van der Waals surface area contributed by atoms with Gasteiger partial charge in [-0.05, 0) is 0 Å². The number of aliphatic carboxylic acids is 1. The molecule has 0 aliphatic carbocycles. The molecule has 4 heteroatoms. The second-order valence-electron chi connectivity index (χ2n) is 1.61. The zero-order chi connectivity index (χ0) is 9.11. The average molecular weight is 178 g/mol. The number of carboxylic acid groups (broad SMARTS) is 1. The van der Waals surface area contributed by atoms with Gasteiger partial charge in [0, 0.05) is 18.4 Å². The molecule has 2 N–H and O–H groups in total. The van der Waals surface area contributed by atoms with Crippen LogP contribution in [0.2, 0.25) is 0 Å². The highest BCUT2D eigenvalue weighted by Crippen LogP contribution is 1.96. The van der Waals surface area contributed by atoms with Crippen LogP contribution < -0.4 is 0 Å². The molecule has 0 aliphatic rings. The van der Waals surface area contributed by atoms with E-state index in [-0.39, 0.29) is 6.61 Å². The van der Waals surface area contributed by atoms with Gasteiger partial charge < -0.3 is 10.2 Å². The van der Waals surface area contributed by atoms with Gasteiger partial charge >= 0.3 is 0 Å². The Morgan fingerprint density at radius 3 is 2.45 bits per heavy atom. The summed E-state index contributed by atoms with van der Waals surface area (Å²) < 4.78 is 0. The summed E-state index contributed by atoms with van der Waals surface area (Å²) in [7, 11) is 0. The van der Waals surface area contributed by atoms with Gasteiger partial charge in [0.2, 0.25) is 0 Å². The van der Waals surface area contributed by atoms with E-state index in [9.17, 15) is 0 Å². The molecule has 0 aromatic carbocycles. The molecule has 0 bridgehead atoms. The van der Waals surface area contributed by atoms with Gasteiger partial charge in [-0.15, -0.1) is 6.58 Å². The van der Waals surface area contributed by atoms with E-state index in [2.05, 4.69) is 6.58 Å². The number of carboxylic acids is 1. The molecule has 11 heavy (non-hydrogen) atoms. The van der Waals surface area contributed by atoms with Gasteiger partial charge in [-0.2, -0.15) is 11.8 Å². The Labute approximate surface area is 71.1 Å². The Bertz CT molecular complexity index is 99.9. The first kappa shape index (κ1) is 13.1. The molecule has 0 rings (SSSR count). The first-order valence-electron chi connectivity index (χ1n) is 3.14. The second-order valence-corrected chi connectivity index (χ2v) is 2.76. The van der Waals surface area contributed by atoms with E-state index in [0.29, 0.717) is 0 Å². The molecule has 0 saturated heterocycles. The summed E-state index contributed by atoms with van der Waals surface area (Å²) in [4.78, 5) is 9.00. The third-order valence-electron chi connectivity index (χ3n) is 0.471. The van der Waals surface area contributed by atoms with Crippen LogP contribution in [0.1, 0.15) is 6.92 Å². The molecule has 0 aromatic rings. The van der Waals surface area contributed by atoms with Gasteiger partial charge in [0.1, 0.15) is 0 Å². The van der Waals surface area contributed by atoms with Crippen LogP contribution in [0.4, 0.5) is 0 Å².